The highest BCUT2D eigenvalue weighted by Gasteiger charge is 2.08. The molecule has 2 amide bonds. The summed E-state index contributed by atoms with van der Waals surface area (Å²) < 4.78 is 5.16. The molecule has 0 aliphatic heterocycles. The first-order valence-electron chi connectivity index (χ1n) is 6.63. The summed E-state index contributed by atoms with van der Waals surface area (Å²) in [7, 11) is 0. The monoisotopic (exact) mass is 258 g/mol. The lowest BCUT2D eigenvalue weighted by molar-refractivity contribution is -0.127. The largest absolute Gasteiger partial charge is 0.369 e. The topological polar surface area (TPSA) is 67.4 Å². The SMILES string of the molecule is CCC(C)C(=O)NCCCNC(=O)COC(C)C. The third-order valence-electron chi connectivity index (χ3n) is 2.58. The second-order valence-electron chi connectivity index (χ2n) is 4.66. The van der Waals surface area contributed by atoms with Crippen molar-refractivity contribution in [2.24, 2.45) is 5.92 Å². The highest BCUT2D eigenvalue weighted by atomic mass is 16.5. The van der Waals surface area contributed by atoms with Crippen LogP contribution in [0.4, 0.5) is 0 Å². The zero-order chi connectivity index (χ0) is 14.0. The molecular weight excluding hydrogens is 232 g/mol. The minimum absolute atomic E-state index is 0.0547. The summed E-state index contributed by atoms with van der Waals surface area (Å²) in [5.41, 5.74) is 0. The van der Waals surface area contributed by atoms with Gasteiger partial charge in [0.05, 0.1) is 6.10 Å². The summed E-state index contributed by atoms with van der Waals surface area (Å²) in [5.74, 6) is 0.0166. The third-order valence-corrected chi connectivity index (χ3v) is 2.58. The molecule has 0 rings (SSSR count). The molecule has 0 aliphatic rings. The van der Waals surface area contributed by atoms with E-state index in [2.05, 4.69) is 10.6 Å². The summed E-state index contributed by atoms with van der Waals surface area (Å²) in [6.07, 6.45) is 1.63. The van der Waals surface area contributed by atoms with Crippen LogP contribution < -0.4 is 10.6 Å². The molecular formula is C13H26N2O3. The molecule has 5 nitrogen and oxygen atoms in total. The van der Waals surface area contributed by atoms with Crippen molar-refractivity contribution in [2.75, 3.05) is 19.7 Å². The van der Waals surface area contributed by atoms with E-state index in [1.54, 1.807) is 0 Å². The van der Waals surface area contributed by atoms with E-state index in [9.17, 15) is 9.59 Å². The number of amides is 2. The van der Waals surface area contributed by atoms with Gasteiger partial charge in [-0.1, -0.05) is 13.8 Å². The van der Waals surface area contributed by atoms with Crippen molar-refractivity contribution in [3.63, 3.8) is 0 Å². The number of hydrogen-bond acceptors (Lipinski definition) is 3. The third kappa shape index (κ3) is 8.98. The first-order valence-corrected chi connectivity index (χ1v) is 6.63. The molecule has 0 fully saturated rings. The van der Waals surface area contributed by atoms with Gasteiger partial charge < -0.3 is 15.4 Å². The summed E-state index contributed by atoms with van der Waals surface area (Å²) in [4.78, 5) is 22.7. The van der Waals surface area contributed by atoms with Crippen molar-refractivity contribution in [1.29, 1.82) is 0 Å². The van der Waals surface area contributed by atoms with E-state index < -0.39 is 0 Å². The number of carbonyl (C=O) groups excluding carboxylic acids is 2. The van der Waals surface area contributed by atoms with Crippen LogP contribution in [0.15, 0.2) is 0 Å². The molecule has 0 spiro atoms. The molecule has 0 aliphatic carbocycles. The molecule has 5 heteroatoms. The molecule has 0 radical (unpaired) electrons. The van der Waals surface area contributed by atoms with Crippen LogP contribution in [0.1, 0.15) is 40.5 Å². The average Bonchev–Trinajstić information content (AvgIpc) is 2.34. The number of rotatable bonds is 9. The lowest BCUT2D eigenvalue weighted by Gasteiger charge is -2.10. The highest BCUT2D eigenvalue weighted by molar-refractivity contribution is 5.78. The average molecular weight is 258 g/mol. The van der Waals surface area contributed by atoms with E-state index in [4.69, 9.17) is 4.74 Å². The van der Waals surface area contributed by atoms with E-state index in [1.165, 1.54) is 0 Å². The quantitative estimate of drug-likeness (QED) is 0.608. The minimum atomic E-state index is -0.114. The van der Waals surface area contributed by atoms with E-state index in [0.717, 1.165) is 12.8 Å². The predicted octanol–water partition coefficient (Wildman–Crippen LogP) is 1.08. The number of hydrogen-bond donors (Lipinski definition) is 2. The van der Waals surface area contributed by atoms with Gasteiger partial charge in [-0.15, -0.1) is 0 Å². The van der Waals surface area contributed by atoms with Gasteiger partial charge in [0.15, 0.2) is 0 Å². The van der Waals surface area contributed by atoms with Crippen LogP contribution in [0.2, 0.25) is 0 Å². The molecule has 0 heterocycles. The first kappa shape index (κ1) is 16.9. The Balaban J connectivity index is 3.45. The summed E-state index contributed by atoms with van der Waals surface area (Å²) in [6.45, 7) is 8.90. The Morgan fingerprint density at radius 1 is 1.11 bits per heavy atom. The molecule has 0 bridgehead atoms. The number of carbonyl (C=O) groups is 2. The van der Waals surface area contributed by atoms with Gasteiger partial charge in [0.25, 0.3) is 0 Å². The fraction of sp³-hybridized carbons (Fsp3) is 0.846. The highest BCUT2D eigenvalue weighted by Crippen LogP contribution is 1.99. The van der Waals surface area contributed by atoms with Crippen molar-refractivity contribution in [1.82, 2.24) is 10.6 Å². The van der Waals surface area contributed by atoms with Gasteiger partial charge in [0.2, 0.25) is 11.8 Å². The van der Waals surface area contributed by atoms with Crippen LogP contribution in [0.25, 0.3) is 0 Å². The van der Waals surface area contributed by atoms with Crippen molar-refractivity contribution < 1.29 is 14.3 Å². The van der Waals surface area contributed by atoms with E-state index >= 15 is 0 Å². The summed E-state index contributed by atoms with van der Waals surface area (Å²) in [5, 5.41) is 5.58. The van der Waals surface area contributed by atoms with Crippen molar-refractivity contribution in [3.05, 3.63) is 0 Å². The smallest absolute Gasteiger partial charge is 0.246 e. The maximum atomic E-state index is 11.4. The van der Waals surface area contributed by atoms with Gasteiger partial charge in [-0.05, 0) is 26.7 Å². The maximum absolute atomic E-state index is 11.4. The van der Waals surface area contributed by atoms with Gasteiger partial charge in [0, 0.05) is 19.0 Å². The molecule has 0 saturated carbocycles. The lowest BCUT2D eigenvalue weighted by Crippen LogP contribution is -2.34. The van der Waals surface area contributed by atoms with Crippen LogP contribution in [-0.4, -0.2) is 37.6 Å². The van der Waals surface area contributed by atoms with Crippen molar-refractivity contribution >= 4 is 11.8 Å². The van der Waals surface area contributed by atoms with Gasteiger partial charge >= 0.3 is 0 Å². The van der Waals surface area contributed by atoms with Gasteiger partial charge in [-0.25, -0.2) is 0 Å². The Morgan fingerprint density at radius 2 is 1.72 bits per heavy atom. The zero-order valence-corrected chi connectivity index (χ0v) is 11.9. The number of ether oxygens (including phenoxy) is 1. The number of nitrogens with one attached hydrogen (secondary N) is 2. The zero-order valence-electron chi connectivity index (χ0n) is 11.9. The van der Waals surface area contributed by atoms with Crippen LogP contribution in [0, 0.1) is 5.92 Å². The Kier molecular flexibility index (Phi) is 9.28. The second kappa shape index (κ2) is 9.88. The molecule has 0 saturated heterocycles. The lowest BCUT2D eigenvalue weighted by atomic mass is 10.1. The molecule has 0 aromatic heterocycles. The van der Waals surface area contributed by atoms with Gasteiger partial charge in [-0.2, -0.15) is 0 Å². The van der Waals surface area contributed by atoms with E-state index in [0.29, 0.717) is 13.1 Å². The maximum Gasteiger partial charge on any atom is 0.246 e. The Bertz CT molecular complexity index is 255. The predicted molar refractivity (Wildman–Crippen MR) is 71.2 cm³/mol. The Hall–Kier alpha value is -1.10. The van der Waals surface area contributed by atoms with Crippen molar-refractivity contribution in [3.8, 4) is 0 Å². The molecule has 18 heavy (non-hydrogen) atoms. The molecule has 1 unspecified atom stereocenters. The molecule has 0 aromatic carbocycles. The Morgan fingerprint density at radius 3 is 2.28 bits per heavy atom. The molecule has 1 atom stereocenters. The van der Waals surface area contributed by atoms with Crippen LogP contribution in [0.5, 0.6) is 0 Å². The second-order valence-corrected chi connectivity index (χ2v) is 4.66. The molecule has 106 valence electrons. The van der Waals surface area contributed by atoms with Crippen molar-refractivity contribution in [2.45, 2.75) is 46.6 Å². The fourth-order valence-electron chi connectivity index (χ4n) is 1.18. The summed E-state index contributed by atoms with van der Waals surface area (Å²) >= 11 is 0. The Labute approximate surface area is 110 Å². The van der Waals surface area contributed by atoms with Crippen LogP contribution in [0.3, 0.4) is 0 Å². The first-order chi connectivity index (χ1) is 8.47. The minimum Gasteiger partial charge on any atom is -0.369 e. The van der Waals surface area contributed by atoms with E-state index in [1.807, 2.05) is 27.7 Å². The standard InChI is InChI=1S/C13H26N2O3/c1-5-11(4)13(17)15-8-6-7-14-12(16)9-18-10(2)3/h10-11H,5-9H2,1-4H3,(H,14,16)(H,15,17). The van der Waals surface area contributed by atoms with Gasteiger partial charge in [-0.3, -0.25) is 9.59 Å². The molecule has 0 aromatic rings. The van der Waals surface area contributed by atoms with Crippen LogP contribution >= 0.6 is 0 Å². The van der Waals surface area contributed by atoms with E-state index in [-0.39, 0.29) is 30.4 Å². The van der Waals surface area contributed by atoms with Crippen LogP contribution in [-0.2, 0) is 14.3 Å². The fourth-order valence-corrected chi connectivity index (χ4v) is 1.18. The summed E-state index contributed by atoms with van der Waals surface area (Å²) in [6, 6.07) is 0. The molecule has 2 N–H and O–H groups in total. The normalized spacial score (nSPS) is 12.3. The van der Waals surface area contributed by atoms with Gasteiger partial charge in [0.1, 0.15) is 6.61 Å².